The highest BCUT2D eigenvalue weighted by molar-refractivity contribution is 6.40. The fourth-order valence-corrected chi connectivity index (χ4v) is 2.98. The minimum absolute atomic E-state index is 0.354. The Hall–Kier alpha value is -1.70. The summed E-state index contributed by atoms with van der Waals surface area (Å²) >= 11 is 18.0. The average molecular weight is 406 g/mol. The number of nitrogens with zero attached hydrogens (tertiary/aromatic N) is 4. The van der Waals surface area contributed by atoms with Crippen molar-refractivity contribution in [2.45, 2.75) is 20.0 Å². The minimum Gasteiger partial charge on any atom is -0.489 e. The number of hydrogen-bond donors (Lipinski definition) is 2. The van der Waals surface area contributed by atoms with E-state index < -0.39 is 0 Å². The maximum atomic E-state index is 6.07. The molecule has 2 aromatic rings. The molecule has 2 rings (SSSR count). The third-order valence-electron chi connectivity index (χ3n) is 3.28. The summed E-state index contributed by atoms with van der Waals surface area (Å²) in [5.41, 5.74) is 0. The summed E-state index contributed by atoms with van der Waals surface area (Å²) in [5, 5.41) is 15.5. The maximum Gasteiger partial charge on any atom is 0.191 e. The summed E-state index contributed by atoms with van der Waals surface area (Å²) < 4.78 is 7.56. The van der Waals surface area contributed by atoms with Crippen LogP contribution in [-0.4, -0.2) is 40.9 Å². The number of ether oxygens (including phenoxy) is 1. The SMILES string of the molecule is CCn1cnnc1CNC(=NC)NCCOc1c(Cl)cc(Cl)cc1Cl. The predicted molar refractivity (Wildman–Crippen MR) is 101 cm³/mol. The number of aliphatic imine (C=N–C) groups is 1. The zero-order valence-electron chi connectivity index (χ0n) is 13.9. The number of aromatic nitrogens is 3. The Morgan fingerprint density at radius 1 is 1.24 bits per heavy atom. The summed E-state index contributed by atoms with van der Waals surface area (Å²) in [5.74, 6) is 1.87. The van der Waals surface area contributed by atoms with Gasteiger partial charge in [-0.2, -0.15) is 0 Å². The molecule has 0 saturated carbocycles. The molecule has 0 fully saturated rings. The Morgan fingerprint density at radius 3 is 2.60 bits per heavy atom. The number of hydrogen-bond acceptors (Lipinski definition) is 4. The van der Waals surface area contributed by atoms with Crippen molar-refractivity contribution >= 4 is 40.8 Å². The molecule has 1 aromatic carbocycles. The van der Waals surface area contributed by atoms with Gasteiger partial charge in [-0.1, -0.05) is 34.8 Å². The second-order valence-electron chi connectivity index (χ2n) is 4.93. The fraction of sp³-hybridized carbons (Fsp3) is 0.400. The fourth-order valence-electron chi connectivity index (χ4n) is 2.05. The van der Waals surface area contributed by atoms with Gasteiger partial charge in [0.2, 0.25) is 0 Å². The second kappa shape index (κ2) is 9.70. The molecular formula is C15H19Cl3N6O. The molecule has 2 N–H and O–H groups in total. The van der Waals surface area contributed by atoms with Gasteiger partial charge in [-0.05, 0) is 19.1 Å². The average Bonchev–Trinajstić information content (AvgIpc) is 3.03. The quantitative estimate of drug-likeness (QED) is 0.421. The second-order valence-corrected chi connectivity index (χ2v) is 6.18. The molecule has 136 valence electrons. The smallest absolute Gasteiger partial charge is 0.191 e. The number of nitrogens with one attached hydrogen (secondary N) is 2. The molecule has 10 heteroatoms. The lowest BCUT2D eigenvalue weighted by Crippen LogP contribution is -2.39. The first-order valence-electron chi connectivity index (χ1n) is 7.63. The Labute approximate surface area is 161 Å². The van der Waals surface area contributed by atoms with Crippen LogP contribution >= 0.6 is 34.8 Å². The van der Waals surface area contributed by atoms with Gasteiger partial charge in [0, 0.05) is 18.6 Å². The van der Waals surface area contributed by atoms with Crippen molar-refractivity contribution in [1.29, 1.82) is 0 Å². The predicted octanol–water partition coefficient (Wildman–Crippen LogP) is 3.00. The van der Waals surface area contributed by atoms with Crippen LogP contribution in [0.15, 0.2) is 23.5 Å². The number of guanidine groups is 1. The van der Waals surface area contributed by atoms with Crippen molar-refractivity contribution in [3.05, 3.63) is 39.4 Å². The zero-order valence-corrected chi connectivity index (χ0v) is 16.2. The molecule has 0 amide bonds. The van der Waals surface area contributed by atoms with Crippen LogP contribution in [0.1, 0.15) is 12.7 Å². The first-order chi connectivity index (χ1) is 12.0. The Kier molecular flexibility index (Phi) is 7.61. The third-order valence-corrected chi connectivity index (χ3v) is 4.06. The van der Waals surface area contributed by atoms with Gasteiger partial charge in [-0.3, -0.25) is 4.99 Å². The zero-order chi connectivity index (χ0) is 18.2. The first-order valence-corrected chi connectivity index (χ1v) is 8.77. The van der Waals surface area contributed by atoms with E-state index in [0.717, 1.165) is 12.4 Å². The lowest BCUT2D eigenvalue weighted by molar-refractivity contribution is 0.322. The van der Waals surface area contributed by atoms with E-state index in [1.54, 1.807) is 25.5 Å². The number of halogens is 3. The van der Waals surface area contributed by atoms with E-state index in [4.69, 9.17) is 39.5 Å². The molecule has 7 nitrogen and oxygen atoms in total. The van der Waals surface area contributed by atoms with Crippen LogP contribution in [0.25, 0.3) is 0 Å². The van der Waals surface area contributed by atoms with E-state index in [0.29, 0.717) is 46.5 Å². The number of aryl methyl sites for hydroxylation is 1. The molecule has 0 aliphatic carbocycles. The van der Waals surface area contributed by atoms with Gasteiger partial charge in [0.15, 0.2) is 17.5 Å². The third kappa shape index (κ3) is 5.66. The number of benzene rings is 1. The van der Waals surface area contributed by atoms with Gasteiger partial charge in [0.05, 0.1) is 23.1 Å². The van der Waals surface area contributed by atoms with E-state index in [1.807, 2.05) is 11.5 Å². The summed E-state index contributed by atoms with van der Waals surface area (Å²) in [4.78, 5) is 4.15. The van der Waals surface area contributed by atoms with Crippen LogP contribution in [0, 0.1) is 0 Å². The molecule has 0 bridgehead atoms. The van der Waals surface area contributed by atoms with Gasteiger partial charge in [0.25, 0.3) is 0 Å². The van der Waals surface area contributed by atoms with Crippen molar-refractivity contribution in [2.75, 3.05) is 20.2 Å². The van der Waals surface area contributed by atoms with Gasteiger partial charge >= 0.3 is 0 Å². The highest BCUT2D eigenvalue weighted by atomic mass is 35.5. The van der Waals surface area contributed by atoms with Crippen molar-refractivity contribution in [2.24, 2.45) is 4.99 Å². The molecule has 0 unspecified atom stereocenters. The standard InChI is InChI=1S/C15H19Cl3N6O/c1-3-24-9-22-23-13(24)8-21-15(19-2)20-4-5-25-14-11(17)6-10(16)7-12(14)18/h6-7,9H,3-5,8H2,1-2H3,(H2,19,20,21). The van der Waals surface area contributed by atoms with Crippen LogP contribution in [0.4, 0.5) is 0 Å². The Balaban J connectivity index is 1.78. The summed E-state index contributed by atoms with van der Waals surface area (Å²) in [6, 6.07) is 3.17. The summed E-state index contributed by atoms with van der Waals surface area (Å²) in [7, 11) is 1.69. The molecule has 1 heterocycles. The minimum atomic E-state index is 0.354. The molecule has 25 heavy (non-hydrogen) atoms. The van der Waals surface area contributed by atoms with E-state index in [2.05, 4.69) is 25.8 Å². The van der Waals surface area contributed by atoms with Crippen molar-refractivity contribution < 1.29 is 4.74 Å². The van der Waals surface area contributed by atoms with Gasteiger partial charge in [-0.25, -0.2) is 0 Å². The Bertz CT molecular complexity index is 711. The molecule has 1 aromatic heterocycles. The maximum absolute atomic E-state index is 6.07. The van der Waals surface area contributed by atoms with Crippen LogP contribution in [-0.2, 0) is 13.1 Å². The van der Waals surface area contributed by atoms with E-state index in [-0.39, 0.29) is 0 Å². The molecule has 0 saturated heterocycles. The van der Waals surface area contributed by atoms with Crippen molar-refractivity contribution in [3.8, 4) is 5.75 Å². The molecular weight excluding hydrogens is 387 g/mol. The largest absolute Gasteiger partial charge is 0.489 e. The molecule has 0 atom stereocenters. The topological polar surface area (TPSA) is 76.4 Å². The normalized spacial score (nSPS) is 11.5. The molecule has 0 spiro atoms. The van der Waals surface area contributed by atoms with Crippen LogP contribution < -0.4 is 15.4 Å². The first kappa shape index (κ1) is 19.6. The van der Waals surface area contributed by atoms with Crippen molar-refractivity contribution in [3.63, 3.8) is 0 Å². The van der Waals surface area contributed by atoms with E-state index >= 15 is 0 Å². The van der Waals surface area contributed by atoms with Crippen molar-refractivity contribution in [1.82, 2.24) is 25.4 Å². The summed E-state index contributed by atoms with van der Waals surface area (Å²) in [6.07, 6.45) is 1.70. The highest BCUT2D eigenvalue weighted by Crippen LogP contribution is 2.35. The van der Waals surface area contributed by atoms with E-state index in [1.165, 1.54) is 0 Å². The molecule has 0 aliphatic heterocycles. The van der Waals surface area contributed by atoms with Gasteiger partial charge < -0.3 is 19.9 Å². The molecule has 0 aliphatic rings. The molecule has 0 radical (unpaired) electrons. The lowest BCUT2D eigenvalue weighted by Gasteiger charge is -2.13. The van der Waals surface area contributed by atoms with Crippen LogP contribution in [0.3, 0.4) is 0 Å². The van der Waals surface area contributed by atoms with Gasteiger partial charge in [-0.15, -0.1) is 10.2 Å². The summed E-state index contributed by atoms with van der Waals surface area (Å²) in [6.45, 7) is 4.22. The van der Waals surface area contributed by atoms with Crippen LogP contribution in [0.2, 0.25) is 15.1 Å². The monoisotopic (exact) mass is 404 g/mol. The Morgan fingerprint density at radius 2 is 1.96 bits per heavy atom. The number of rotatable bonds is 7. The highest BCUT2D eigenvalue weighted by Gasteiger charge is 2.09. The van der Waals surface area contributed by atoms with E-state index in [9.17, 15) is 0 Å². The van der Waals surface area contributed by atoms with Gasteiger partial charge in [0.1, 0.15) is 12.9 Å². The van der Waals surface area contributed by atoms with Crippen LogP contribution in [0.5, 0.6) is 5.75 Å². The lowest BCUT2D eigenvalue weighted by atomic mass is 10.3.